The quantitative estimate of drug-likeness (QED) is 0.795. The Balaban J connectivity index is 2.63. The maximum absolute atomic E-state index is 12.1. The molecular formula is C11H22N2OS. The van der Waals surface area contributed by atoms with Crippen molar-refractivity contribution < 1.29 is 4.79 Å². The van der Waals surface area contributed by atoms with Crippen LogP contribution in [0.4, 0.5) is 0 Å². The summed E-state index contributed by atoms with van der Waals surface area (Å²) in [5.41, 5.74) is 5.73. The molecule has 1 aliphatic heterocycles. The van der Waals surface area contributed by atoms with Crippen LogP contribution in [0.2, 0.25) is 0 Å². The second kappa shape index (κ2) is 5.75. The van der Waals surface area contributed by atoms with E-state index in [9.17, 15) is 4.79 Å². The highest BCUT2D eigenvalue weighted by Crippen LogP contribution is 2.24. The van der Waals surface area contributed by atoms with Gasteiger partial charge >= 0.3 is 0 Å². The van der Waals surface area contributed by atoms with Crippen LogP contribution in [0, 0.1) is 5.92 Å². The molecule has 0 aromatic heterocycles. The molecule has 3 atom stereocenters. The molecule has 1 saturated heterocycles. The van der Waals surface area contributed by atoms with Crippen LogP contribution < -0.4 is 5.73 Å². The van der Waals surface area contributed by atoms with Crippen LogP contribution in [0.5, 0.6) is 0 Å². The van der Waals surface area contributed by atoms with Gasteiger partial charge in [-0.1, -0.05) is 6.92 Å². The van der Waals surface area contributed by atoms with Crippen molar-refractivity contribution in [3.63, 3.8) is 0 Å². The molecule has 3 nitrogen and oxygen atoms in total. The molecular weight excluding hydrogens is 208 g/mol. The molecule has 0 aromatic carbocycles. The monoisotopic (exact) mass is 230 g/mol. The van der Waals surface area contributed by atoms with Crippen LogP contribution in [-0.4, -0.2) is 41.4 Å². The number of likely N-dealkylation sites (tertiary alicyclic amines) is 1. The van der Waals surface area contributed by atoms with Crippen molar-refractivity contribution in [1.82, 2.24) is 4.90 Å². The lowest BCUT2D eigenvalue weighted by atomic mass is 9.92. The minimum Gasteiger partial charge on any atom is -0.337 e. The van der Waals surface area contributed by atoms with Gasteiger partial charge in [0.1, 0.15) is 0 Å². The number of amides is 1. The normalized spacial score (nSPS) is 28.9. The third-order valence-electron chi connectivity index (χ3n) is 3.23. The smallest absolute Gasteiger partial charge is 0.235 e. The average Bonchev–Trinajstić information content (AvgIpc) is 2.26. The van der Waals surface area contributed by atoms with Gasteiger partial charge in [0.2, 0.25) is 5.91 Å². The second-order valence-corrected chi connectivity index (χ2v) is 5.61. The lowest BCUT2D eigenvalue weighted by molar-refractivity contribution is -0.134. The number of piperidine rings is 1. The molecule has 0 bridgehead atoms. The minimum absolute atomic E-state index is 0.0625. The zero-order chi connectivity index (χ0) is 11.4. The van der Waals surface area contributed by atoms with Crippen LogP contribution in [0.3, 0.4) is 0 Å². The topological polar surface area (TPSA) is 46.3 Å². The third-order valence-corrected chi connectivity index (χ3v) is 4.14. The van der Waals surface area contributed by atoms with Crippen molar-refractivity contribution in [3.8, 4) is 0 Å². The Morgan fingerprint density at radius 1 is 1.67 bits per heavy atom. The fourth-order valence-corrected chi connectivity index (χ4v) is 2.44. The van der Waals surface area contributed by atoms with Crippen molar-refractivity contribution in [2.24, 2.45) is 11.7 Å². The van der Waals surface area contributed by atoms with Gasteiger partial charge in [0.05, 0.1) is 5.25 Å². The van der Waals surface area contributed by atoms with E-state index in [0.717, 1.165) is 19.4 Å². The Bertz CT molecular complexity index is 223. The molecule has 0 radical (unpaired) electrons. The van der Waals surface area contributed by atoms with E-state index in [4.69, 9.17) is 5.73 Å². The van der Waals surface area contributed by atoms with E-state index in [1.54, 1.807) is 11.8 Å². The van der Waals surface area contributed by atoms with E-state index in [2.05, 4.69) is 6.92 Å². The van der Waals surface area contributed by atoms with Crippen molar-refractivity contribution in [3.05, 3.63) is 0 Å². The molecule has 0 aliphatic carbocycles. The summed E-state index contributed by atoms with van der Waals surface area (Å²) in [6, 6.07) is 0.260. The summed E-state index contributed by atoms with van der Waals surface area (Å²) in [6.45, 7) is 5.69. The largest absolute Gasteiger partial charge is 0.337 e. The van der Waals surface area contributed by atoms with Gasteiger partial charge in [-0.2, -0.15) is 11.8 Å². The van der Waals surface area contributed by atoms with Gasteiger partial charge in [-0.05, 0) is 31.9 Å². The Morgan fingerprint density at radius 2 is 2.33 bits per heavy atom. The van der Waals surface area contributed by atoms with E-state index in [1.165, 1.54) is 0 Å². The Hall–Kier alpha value is -0.220. The highest BCUT2D eigenvalue weighted by atomic mass is 32.2. The number of hydrogen-bond acceptors (Lipinski definition) is 3. The highest BCUT2D eigenvalue weighted by molar-refractivity contribution is 7.99. The molecule has 0 spiro atoms. The number of nitrogens with two attached hydrogens (primary N) is 1. The molecule has 1 rings (SSSR count). The lowest BCUT2D eigenvalue weighted by Crippen LogP contribution is -2.51. The predicted molar refractivity (Wildman–Crippen MR) is 65.9 cm³/mol. The number of hydrogen-bond donors (Lipinski definition) is 1. The minimum atomic E-state index is 0.0625. The molecule has 2 N–H and O–H groups in total. The molecule has 88 valence electrons. The molecule has 15 heavy (non-hydrogen) atoms. The average molecular weight is 230 g/mol. The van der Waals surface area contributed by atoms with Gasteiger partial charge in [0.15, 0.2) is 0 Å². The summed E-state index contributed by atoms with van der Waals surface area (Å²) in [4.78, 5) is 14.0. The first-order valence-corrected chi connectivity index (χ1v) is 6.92. The summed E-state index contributed by atoms with van der Waals surface area (Å²) in [5, 5.41) is 0.0625. The zero-order valence-corrected chi connectivity index (χ0v) is 10.7. The van der Waals surface area contributed by atoms with Crippen LogP contribution in [-0.2, 0) is 4.79 Å². The maximum atomic E-state index is 12.1. The number of carbonyl (C=O) groups is 1. The van der Waals surface area contributed by atoms with Crippen LogP contribution in [0.25, 0.3) is 0 Å². The van der Waals surface area contributed by atoms with Gasteiger partial charge in [-0.3, -0.25) is 4.79 Å². The van der Waals surface area contributed by atoms with Crippen molar-refractivity contribution in [2.75, 3.05) is 19.3 Å². The molecule has 1 fully saturated rings. The summed E-state index contributed by atoms with van der Waals surface area (Å²) in [7, 11) is 0. The van der Waals surface area contributed by atoms with E-state index in [0.29, 0.717) is 12.5 Å². The number of rotatable bonds is 3. The van der Waals surface area contributed by atoms with E-state index < -0.39 is 0 Å². The summed E-state index contributed by atoms with van der Waals surface area (Å²) < 4.78 is 0. The zero-order valence-electron chi connectivity index (χ0n) is 9.90. The standard InChI is InChI=1S/C11H22N2OS/c1-8-4-5-13(10(6-8)7-12)11(14)9(2)15-3/h8-10H,4-7,12H2,1-3H3. The number of nitrogens with zero attached hydrogens (tertiary/aromatic N) is 1. The summed E-state index contributed by atoms with van der Waals surface area (Å²) >= 11 is 1.61. The first kappa shape index (κ1) is 12.8. The van der Waals surface area contributed by atoms with Gasteiger partial charge in [-0.25, -0.2) is 0 Å². The molecule has 0 aromatic rings. The third kappa shape index (κ3) is 3.11. The Morgan fingerprint density at radius 3 is 2.87 bits per heavy atom. The molecule has 1 heterocycles. The Labute approximate surface area is 96.8 Å². The predicted octanol–water partition coefficient (Wildman–Crippen LogP) is 1.32. The fraction of sp³-hybridized carbons (Fsp3) is 0.909. The Kier molecular flexibility index (Phi) is 4.93. The molecule has 0 saturated carbocycles. The van der Waals surface area contributed by atoms with Gasteiger partial charge < -0.3 is 10.6 Å². The SMILES string of the molecule is CSC(C)C(=O)N1CCC(C)CC1CN. The van der Waals surface area contributed by atoms with Gasteiger partial charge in [-0.15, -0.1) is 0 Å². The molecule has 3 unspecified atom stereocenters. The highest BCUT2D eigenvalue weighted by Gasteiger charge is 2.30. The van der Waals surface area contributed by atoms with Gasteiger partial charge in [0.25, 0.3) is 0 Å². The number of thioether (sulfide) groups is 1. The van der Waals surface area contributed by atoms with Crippen LogP contribution in [0.1, 0.15) is 26.7 Å². The molecule has 4 heteroatoms. The second-order valence-electron chi connectivity index (χ2n) is 4.43. The van der Waals surface area contributed by atoms with Crippen molar-refractivity contribution in [1.29, 1.82) is 0 Å². The summed E-state index contributed by atoms with van der Waals surface area (Å²) in [5.74, 6) is 0.956. The van der Waals surface area contributed by atoms with Crippen molar-refractivity contribution >= 4 is 17.7 Å². The van der Waals surface area contributed by atoms with Crippen LogP contribution in [0.15, 0.2) is 0 Å². The van der Waals surface area contributed by atoms with E-state index in [-0.39, 0.29) is 17.2 Å². The van der Waals surface area contributed by atoms with Crippen molar-refractivity contribution in [2.45, 2.75) is 38.0 Å². The first-order chi connectivity index (χ1) is 7.10. The number of carbonyl (C=O) groups excluding carboxylic acids is 1. The maximum Gasteiger partial charge on any atom is 0.235 e. The lowest BCUT2D eigenvalue weighted by Gasteiger charge is -2.39. The van der Waals surface area contributed by atoms with E-state index >= 15 is 0 Å². The summed E-state index contributed by atoms with van der Waals surface area (Å²) in [6.07, 6.45) is 4.15. The van der Waals surface area contributed by atoms with E-state index in [1.807, 2.05) is 18.1 Å². The fourth-order valence-electron chi connectivity index (χ4n) is 2.10. The molecule has 1 aliphatic rings. The van der Waals surface area contributed by atoms with Gasteiger partial charge in [0, 0.05) is 19.1 Å². The van der Waals surface area contributed by atoms with Crippen LogP contribution >= 0.6 is 11.8 Å². The molecule has 1 amide bonds. The first-order valence-electron chi connectivity index (χ1n) is 5.63.